The molecule has 4 saturated carbocycles. The molecule has 4 aliphatic carbocycles. The Morgan fingerprint density at radius 3 is 1.81 bits per heavy atom. The van der Waals surface area contributed by atoms with E-state index in [0.717, 1.165) is 86.0 Å². The van der Waals surface area contributed by atoms with Gasteiger partial charge in [0.2, 0.25) is 11.8 Å². The predicted octanol–water partition coefficient (Wildman–Crippen LogP) is 11.0. The smallest absolute Gasteiger partial charge is 0.237 e. The number of imidazole rings is 1. The zero-order valence-electron chi connectivity index (χ0n) is 40.7. The maximum Gasteiger partial charge on any atom is 0.237 e. The highest BCUT2D eigenvalue weighted by molar-refractivity contribution is 6.11. The van der Waals surface area contributed by atoms with E-state index in [1.165, 1.54) is 27.9 Å². The van der Waals surface area contributed by atoms with Gasteiger partial charge in [-0.15, -0.1) is 0 Å². The number of aliphatic imine (C=N–C) groups is 1. The van der Waals surface area contributed by atoms with Crippen molar-refractivity contribution in [2.75, 3.05) is 18.0 Å². The van der Waals surface area contributed by atoms with Crippen LogP contribution in [-0.2, 0) is 31.0 Å². The van der Waals surface area contributed by atoms with Crippen LogP contribution in [0.4, 0.5) is 11.4 Å². The van der Waals surface area contributed by atoms with Gasteiger partial charge in [0.05, 0.1) is 40.9 Å². The number of H-pyrrole nitrogens is 1. The Kier molecular flexibility index (Phi) is 9.47. The molecule has 2 amide bonds. The minimum atomic E-state index is -0.910. The van der Waals surface area contributed by atoms with Gasteiger partial charge in [0, 0.05) is 43.8 Å². The number of fused-ring (bicyclic) bond motifs is 6. The average molecular weight is 901 g/mol. The van der Waals surface area contributed by atoms with Crippen molar-refractivity contribution < 1.29 is 19.2 Å². The van der Waals surface area contributed by atoms with E-state index in [1.807, 2.05) is 4.90 Å². The molecule has 2 unspecified atom stereocenters. The van der Waals surface area contributed by atoms with Crippen LogP contribution in [0.3, 0.4) is 0 Å². The number of nitrogens with one attached hydrogen (secondary N) is 1. The second kappa shape index (κ2) is 14.7. The van der Waals surface area contributed by atoms with E-state index in [9.17, 15) is 19.2 Å². The van der Waals surface area contributed by atoms with Gasteiger partial charge in [-0.2, -0.15) is 0 Å². The van der Waals surface area contributed by atoms with Gasteiger partial charge in [-0.1, -0.05) is 78.8 Å². The molecule has 10 nitrogen and oxygen atoms in total. The van der Waals surface area contributed by atoms with Crippen LogP contribution < -0.4 is 4.90 Å². The van der Waals surface area contributed by atoms with E-state index in [-0.39, 0.29) is 69.7 Å². The molecule has 0 spiro atoms. The molecular weight excluding hydrogens is 833 g/mol. The van der Waals surface area contributed by atoms with Crippen molar-refractivity contribution in [1.29, 1.82) is 0 Å². The fourth-order valence-electron chi connectivity index (χ4n) is 15.5. The van der Waals surface area contributed by atoms with Gasteiger partial charge in [0.15, 0.2) is 0 Å². The Labute approximate surface area is 395 Å². The largest absolute Gasteiger partial charge is 0.357 e. The number of amides is 2. The lowest BCUT2D eigenvalue weighted by atomic mass is 9.67. The molecule has 350 valence electrons. The van der Waals surface area contributed by atoms with Crippen LogP contribution in [0.5, 0.6) is 0 Å². The van der Waals surface area contributed by atoms with Crippen LogP contribution in [0.25, 0.3) is 11.0 Å². The standard InChI is InChI=1S/C57H68N6O4/c1-53(2,3)36-14-16-39(17-15-36)63-44(33-12-18-40-35(28-33)30-43(58-40)46-10-8-26-61(46)51(66)56-24-22-37(31-48(56)64)54(56,4)5)20-21-45(63)34-13-19-41-42(29-34)60-50(59-41)47-11-9-27-62(47)52(67)57-25-23-38(32-49(57)65)55(57,6)7/h12-19,28-29,37-38,44-47H,8-11,20-27,30-32H2,1-7H3,(H,59,60)/t37-,38-,44-,45?,46+,47?,56+,57+/m1/s1. The Hall–Kier alpha value is -5.12. The summed E-state index contributed by atoms with van der Waals surface area (Å²) in [4.78, 5) is 77.0. The maximum absolute atomic E-state index is 14.6. The van der Waals surface area contributed by atoms with Gasteiger partial charge in [-0.3, -0.25) is 24.2 Å². The normalized spacial score (nSPS) is 32.6. The average Bonchev–Trinajstić information content (AvgIpc) is 4.18. The third-order valence-corrected chi connectivity index (χ3v) is 19.7. The first-order chi connectivity index (χ1) is 31.9. The van der Waals surface area contributed by atoms with Crippen LogP contribution in [0.15, 0.2) is 65.7 Å². The Morgan fingerprint density at radius 1 is 0.672 bits per heavy atom. The van der Waals surface area contributed by atoms with Crippen molar-refractivity contribution in [2.24, 2.45) is 38.5 Å². The molecule has 7 fully saturated rings. The number of benzene rings is 3. The van der Waals surface area contributed by atoms with Gasteiger partial charge in [-0.25, -0.2) is 4.98 Å². The van der Waals surface area contributed by atoms with Crippen LogP contribution in [0.1, 0.15) is 172 Å². The van der Waals surface area contributed by atoms with Gasteiger partial charge >= 0.3 is 0 Å². The minimum Gasteiger partial charge on any atom is -0.357 e. The first-order valence-corrected chi connectivity index (χ1v) is 25.7. The molecule has 5 heterocycles. The summed E-state index contributed by atoms with van der Waals surface area (Å²) in [6, 6.07) is 22.7. The van der Waals surface area contributed by atoms with Crippen LogP contribution in [0.2, 0.25) is 0 Å². The molecule has 3 aromatic carbocycles. The summed E-state index contributed by atoms with van der Waals surface area (Å²) in [6.45, 7) is 16.7. The summed E-state index contributed by atoms with van der Waals surface area (Å²) in [5.41, 5.74) is 7.77. The Bertz CT molecular complexity index is 2790. The number of Topliss-reactive ketones (excluding diaryl/α,β-unsaturated/α-hetero) is 2. The second-order valence-electron chi connectivity index (χ2n) is 24.2. The lowest BCUT2D eigenvalue weighted by Crippen LogP contribution is -2.54. The number of ketones is 2. The summed E-state index contributed by atoms with van der Waals surface area (Å²) < 4.78 is 0. The number of rotatable bonds is 7. The molecule has 12 rings (SSSR count). The van der Waals surface area contributed by atoms with Crippen LogP contribution >= 0.6 is 0 Å². The summed E-state index contributed by atoms with van der Waals surface area (Å²) in [6.07, 6.45) is 10.6. The van der Waals surface area contributed by atoms with Crippen molar-refractivity contribution in [3.63, 3.8) is 0 Å². The van der Waals surface area contributed by atoms with Crippen molar-refractivity contribution in [2.45, 2.75) is 162 Å². The number of carbonyl (C=O) groups excluding carboxylic acids is 4. The molecule has 4 aliphatic heterocycles. The van der Waals surface area contributed by atoms with E-state index in [1.54, 1.807) is 0 Å². The summed E-state index contributed by atoms with van der Waals surface area (Å²) >= 11 is 0. The van der Waals surface area contributed by atoms with E-state index in [4.69, 9.17) is 9.98 Å². The van der Waals surface area contributed by atoms with Crippen LogP contribution in [0, 0.1) is 33.5 Å². The highest BCUT2D eigenvalue weighted by Gasteiger charge is 2.70. The first kappa shape index (κ1) is 43.2. The predicted molar refractivity (Wildman–Crippen MR) is 261 cm³/mol. The molecule has 8 atom stereocenters. The van der Waals surface area contributed by atoms with E-state index in [0.29, 0.717) is 44.7 Å². The van der Waals surface area contributed by atoms with Crippen molar-refractivity contribution in [3.8, 4) is 0 Å². The fourth-order valence-corrected chi connectivity index (χ4v) is 15.5. The monoisotopic (exact) mass is 901 g/mol. The van der Waals surface area contributed by atoms with Gasteiger partial charge in [-0.05, 0) is 145 Å². The highest BCUT2D eigenvalue weighted by atomic mass is 16.2. The number of aromatic nitrogens is 2. The molecule has 8 aliphatic rings. The van der Waals surface area contributed by atoms with Gasteiger partial charge < -0.3 is 19.7 Å². The minimum absolute atomic E-state index is 0.0220. The molecule has 4 bridgehead atoms. The number of aromatic amines is 1. The molecule has 1 N–H and O–H groups in total. The quantitative estimate of drug-likeness (QED) is 0.185. The number of hydrogen-bond donors (Lipinski definition) is 1. The number of anilines is 1. The summed E-state index contributed by atoms with van der Waals surface area (Å²) in [7, 11) is 0. The molecular formula is C57H68N6O4. The van der Waals surface area contributed by atoms with Gasteiger partial charge in [0.25, 0.3) is 0 Å². The lowest BCUT2D eigenvalue weighted by Gasteiger charge is -2.39. The zero-order valence-corrected chi connectivity index (χ0v) is 40.7. The zero-order chi connectivity index (χ0) is 46.6. The highest BCUT2D eigenvalue weighted by Crippen LogP contribution is 2.66. The number of carbonyl (C=O) groups is 4. The van der Waals surface area contributed by atoms with Gasteiger partial charge in [0.1, 0.15) is 28.2 Å². The SMILES string of the molecule is CC(C)(C)c1ccc(N2C(c3ccc4nc(C5CCCN5C(=O)[C@]56CC[C@H](CC5=O)C6(C)C)[nH]c4c3)CC[C@@H]2c2ccc3c(c2)CC([C@@H]2CCCN2C(=O)[C@]24CC[C@H](CC2=O)C4(C)C)=N3)cc1. The van der Waals surface area contributed by atoms with Crippen LogP contribution in [-0.4, -0.2) is 68.0 Å². The maximum atomic E-state index is 14.6. The summed E-state index contributed by atoms with van der Waals surface area (Å²) in [5, 5.41) is 0. The Balaban J connectivity index is 0.824. The number of likely N-dealkylation sites (tertiary alicyclic amines) is 2. The molecule has 67 heavy (non-hydrogen) atoms. The van der Waals surface area contributed by atoms with Crippen molar-refractivity contribution >= 4 is 51.5 Å². The number of nitrogens with zero attached hydrogens (tertiary/aromatic N) is 5. The second-order valence-corrected chi connectivity index (χ2v) is 24.2. The lowest BCUT2D eigenvalue weighted by molar-refractivity contribution is -0.155. The van der Waals surface area contributed by atoms with Crippen molar-refractivity contribution in [1.82, 2.24) is 19.8 Å². The molecule has 0 radical (unpaired) electrons. The number of hydrogen-bond acceptors (Lipinski definition) is 7. The van der Waals surface area contributed by atoms with E-state index >= 15 is 0 Å². The molecule has 1 aromatic heterocycles. The Morgan fingerprint density at radius 2 is 1.24 bits per heavy atom. The van der Waals surface area contributed by atoms with Crippen molar-refractivity contribution in [3.05, 3.63) is 88.7 Å². The molecule has 3 saturated heterocycles. The third kappa shape index (κ3) is 5.98. The van der Waals surface area contributed by atoms with E-state index in [2.05, 4.69) is 124 Å². The first-order valence-electron chi connectivity index (χ1n) is 25.7. The topological polar surface area (TPSA) is 119 Å². The third-order valence-electron chi connectivity index (χ3n) is 19.7. The summed E-state index contributed by atoms with van der Waals surface area (Å²) in [5.74, 6) is 1.78. The fraction of sp³-hybridized carbons (Fsp3) is 0.579. The van der Waals surface area contributed by atoms with E-state index < -0.39 is 10.8 Å². The molecule has 4 aromatic rings. The molecule has 10 heteroatoms.